The highest BCUT2D eigenvalue weighted by Crippen LogP contribution is 2.39. The zero-order valence-corrected chi connectivity index (χ0v) is 16.2. The average molecular weight is 367 g/mol. The number of nitrogens with zero attached hydrogens (tertiary/aromatic N) is 3. The number of hydrogen-bond donors (Lipinski definition) is 0. The quantitative estimate of drug-likeness (QED) is 0.752. The smallest absolute Gasteiger partial charge is 0.257 e. The van der Waals surface area contributed by atoms with Gasteiger partial charge in [0.1, 0.15) is 5.82 Å². The van der Waals surface area contributed by atoms with Crippen LogP contribution in [0.1, 0.15) is 55.8 Å². The van der Waals surface area contributed by atoms with Gasteiger partial charge in [-0.1, -0.05) is 11.6 Å². The molecule has 3 fully saturated rings. The monoisotopic (exact) mass is 367 g/mol. The van der Waals surface area contributed by atoms with Crippen molar-refractivity contribution >= 4 is 11.7 Å². The number of carbonyl (C=O) groups is 1. The molecule has 1 aromatic heterocycles. The Morgan fingerprint density at radius 3 is 2.85 bits per heavy atom. The highest BCUT2D eigenvalue weighted by atomic mass is 16.5. The predicted octanol–water partition coefficient (Wildman–Crippen LogP) is 3.41. The summed E-state index contributed by atoms with van der Waals surface area (Å²) in [6, 6.07) is 4.30. The van der Waals surface area contributed by atoms with E-state index in [9.17, 15) is 4.79 Å². The van der Waals surface area contributed by atoms with Crippen LogP contribution in [0.4, 0.5) is 5.82 Å². The average Bonchev–Trinajstić information content (AvgIpc) is 3.32. The first kappa shape index (κ1) is 17.2. The highest BCUT2D eigenvalue weighted by Gasteiger charge is 2.42. The molecule has 5 heteroatoms. The fourth-order valence-corrected chi connectivity index (χ4v) is 5.51. The van der Waals surface area contributed by atoms with Crippen LogP contribution in [0.3, 0.4) is 0 Å². The molecule has 0 aromatic carbocycles. The molecule has 4 heterocycles. The lowest BCUT2D eigenvalue weighted by atomic mass is 9.87. The number of ether oxygens (including phenoxy) is 1. The molecule has 2 saturated heterocycles. The van der Waals surface area contributed by atoms with E-state index in [0.29, 0.717) is 12.0 Å². The van der Waals surface area contributed by atoms with E-state index in [1.165, 1.54) is 24.8 Å². The van der Waals surface area contributed by atoms with Gasteiger partial charge in [0.15, 0.2) is 0 Å². The van der Waals surface area contributed by atoms with Crippen LogP contribution < -0.4 is 4.90 Å². The van der Waals surface area contributed by atoms with E-state index in [1.807, 2.05) is 18.3 Å². The van der Waals surface area contributed by atoms with Crippen molar-refractivity contribution in [1.29, 1.82) is 0 Å². The summed E-state index contributed by atoms with van der Waals surface area (Å²) in [7, 11) is 0. The highest BCUT2D eigenvalue weighted by molar-refractivity contribution is 5.99. The molecule has 1 saturated carbocycles. The van der Waals surface area contributed by atoms with Gasteiger partial charge in [0.25, 0.3) is 5.91 Å². The number of aromatic nitrogens is 1. The van der Waals surface area contributed by atoms with Crippen LogP contribution in [0.25, 0.3) is 0 Å². The van der Waals surface area contributed by atoms with Gasteiger partial charge in [-0.3, -0.25) is 4.79 Å². The second kappa shape index (κ2) is 6.62. The van der Waals surface area contributed by atoms with Gasteiger partial charge in [0, 0.05) is 31.9 Å². The van der Waals surface area contributed by atoms with E-state index < -0.39 is 0 Å². The summed E-state index contributed by atoms with van der Waals surface area (Å²) in [5.41, 5.74) is 2.11. The summed E-state index contributed by atoms with van der Waals surface area (Å²) < 4.78 is 6.15. The maximum atomic E-state index is 13.3. The summed E-state index contributed by atoms with van der Waals surface area (Å²) in [5, 5.41) is 0. The Morgan fingerprint density at radius 2 is 2.15 bits per heavy atom. The summed E-state index contributed by atoms with van der Waals surface area (Å²) in [4.78, 5) is 22.3. The second-order valence-corrected chi connectivity index (χ2v) is 8.81. The lowest BCUT2D eigenvalue weighted by molar-refractivity contribution is -0.0326. The number of amides is 1. The molecule has 27 heavy (non-hydrogen) atoms. The third-order valence-electron chi connectivity index (χ3n) is 6.99. The molecule has 2 atom stereocenters. The Bertz CT molecular complexity index is 767. The number of anilines is 1. The molecule has 0 radical (unpaired) electrons. The van der Waals surface area contributed by atoms with Gasteiger partial charge >= 0.3 is 0 Å². The molecular weight excluding hydrogens is 338 g/mol. The normalized spacial score (nSPS) is 29.3. The zero-order valence-electron chi connectivity index (χ0n) is 16.2. The van der Waals surface area contributed by atoms with Gasteiger partial charge in [0.2, 0.25) is 0 Å². The van der Waals surface area contributed by atoms with Crippen molar-refractivity contribution < 1.29 is 9.53 Å². The number of piperidine rings is 2. The molecular formula is C22H29N3O2. The number of likely N-dealkylation sites (tertiary alicyclic amines) is 1. The van der Waals surface area contributed by atoms with Crippen molar-refractivity contribution in [2.24, 2.45) is 5.92 Å². The molecule has 5 rings (SSSR count). The topological polar surface area (TPSA) is 45.7 Å². The van der Waals surface area contributed by atoms with Crippen molar-refractivity contribution in [3.8, 4) is 0 Å². The third kappa shape index (κ3) is 3.06. The number of carbonyl (C=O) groups excluding carboxylic acids is 1. The third-order valence-corrected chi connectivity index (χ3v) is 6.99. The molecule has 2 bridgehead atoms. The van der Waals surface area contributed by atoms with E-state index in [0.717, 1.165) is 56.9 Å². The van der Waals surface area contributed by atoms with Crippen molar-refractivity contribution in [2.45, 2.75) is 57.1 Å². The van der Waals surface area contributed by atoms with Gasteiger partial charge in [-0.15, -0.1) is 0 Å². The molecule has 1 aromatic rings. The van der Waals surface area contributed by atoms with Gasteiger partial charge in [-0.05, 0) is 63.5 Å². The van der Waals surface area contributed by atoms with E-state index in [4.69, 9.17) is 4.74 Å². The molecule has 1 spiro atoms. The van der Waals surface area contributed by atoms with E-state index >= 15 is 0 Å². The molecule has 4 aliphatic rings. The van der Waals surface area contributed by atoms with Crippen LogP contribution in [-0.2, 0) is 4.74 Å². The first-order chi connectivity index (χ1) is 13.1. The lowest BCUT2D eigenvalue weighted by Gasteiger charge is -2.43. The maximum Gasteiger partial charge on any atom is 0.257 e. The molecule has 144 valence electrons. The molecule has 1 amide bonds. The number of rotatable bonds is 2. The minimum Gasteiger partial charge on any atom is -0.370 e. The Labute approximate surface area is 161 Å². The Kier molecular flexibility index (Phi) is 4.23. The van der Waals surface area contributed by atoms with Crippen LogP contribution in [0, 0.1) is 5.92 Å². The molecule has 0 unspecified atom stereocenters. The maximum absolute atomic E-state index is 13.3. The van der Waals surface area contributed by atoms with Crippen molar-refractivity contribution in [1.82, 2.24) is 9.88 Å². The molecule has 3 aliphatic heterocycles. The largest absolute Gasteiger partial charge is 0.370 e. The van der Waals surface area contributed by atoms with Crippen LogP contribution in [-0.4, -0.2) is 53.7 Å². The van der Waals surface area contributed by atoms with Crippen molar-refractivity contribution in [2.75, 3.05) is 31.1 Å². The molecule has 0 N–H and O–H groups in total. The summed E-state index contributed by atoms with van der Waals surface area (Å²) in [5.74, 6) is 1.75. The minimum absolute atomic E-state index is 0.105. The van der Waals surface area contributed by atoms with Crippen LogP contribution >= 0.6 is 0 Å². The van der Waals surface area contributed by atoms with Crippen LogP contribution in [0.5, 0.6) is 0 Å². The van der Waals surface area contributed by atoms with Gasteiger partial charge < -0.3 is 14.5 Å². The minimum atomic E-state index is -0.105. The van der Waals surface area contributed by atoms with E-state index in [-0.39, 0.29) is 11.5 Å². The summed E-state index contributed by atoms with van der Waals surface area (Å²) in [6.07, 6.45) is 10.8. The number of pyridine rings is 1. The lowest BCUT2D eigenvalue weighted by Crippen LogP contribution is -2.47. The van der Waals surface area contributed by atoms with E-state index in [2.05, 4.69) is 27.8 Å². The fraction of sp³-hybridized carbons (Fsp3) is 0.636. The Hall–Kier alpha value is -1.88. The predicted molar refractivity (Wildman–Crippen MR) is 105 cm³/mol. The molecule has 1 aliphatic carbocycles. The standard InChI is InChI=1S/C22H29N3O2/c1-16-6-12-27-22(14-16)7-10-24(11-8-22)20-19(3-2-9-23-20)21(26)25-15-17-4-5-18(25)13-17/h2-3,9,14,17-18H,4-8,10-13,15H2,1H3/t17-,18+/m0/s1. The van der Waals surface area contributed by atoms with Crippen LogP contribution in [0.15, 0.2) is 30.0 Å². The Morgan fingerprint density at radius 1 is 1.30 bits per heavy atom. The second-order valence-electron chi connectivity index (χ2n) is 8.81. The van der Waals surface area contributed by atoms with Crippen molar-refractivity contribution in [3.05, 3.63) is 35.5 Å². The molecule has 5 nitrogen and oxygen atoms in total. The van der Waals surface area contributed by atoms with Crippen LogP contribution in [0.2, 0.25) is 0 Å². The number of hydrogen-bond acceptors (Lipinski definition) is 4. The summed E-state index contributed by atoms with van der Waals surface area (Å²) in [6.45, 7) is 5.72. The van der Waals surface area contributed by atoms with Gasteiger partial charge in [0.05, 0.1) is 17.8 Å². The SMILES string of the molecule is CC1=CC2(CCN(c3ncccc3C(=O)N3C[C@H]4CC[C@@H]3C4)CC2)OCC1. The van der Waals surface area contributed by atoms with Gasteiger partial charge in [-0.25, -0.2) is 4.98 Å². The van der Waals surface area contributed by atoms with Gasteiger partial charge in [-0.2, -0.15) is 0 Å². The fourth-order valence-electron chi connectivity index (χ4n) is 5.51. The first-order valence-corrected chi connectivity index (χ1v) is 10.5. The van der Waals surface area contributed by atoms with E-state index in [1.54, 1.807) is 0 Å². The summed E-state index contributed by atoms with van der Waals surface area (Å²) >= 11 is 0. The first-order valence-electron chi connectivity index (χ1n) is 10.5. The number of fused-ring (bicyclic) bond motifs is 2. The Balaban J connectivity index is 1.35. The van der Waals surface area contributed by atoms with Crippen molar-refractivity contribution in [3.63, 3.8) is 0 Å². The zero-order chi connectivity index (χ0) is 18.4.